The van der Waals surface area contributed by atoms with E-state index in [9.17, 15) is 9.18 Å². The number of aryl methyl sites for hydroxylation is 1. The number of morpholine rings is 1. The molecule has 1 atom stereocenters. The number of aromatic nitrogens is 4. The van der Waals surface area contributed by atoms with Crippen LogP contribution in [0.1, 0.15) is 36.7 Å². The lowest BCUT2D eigenvalue weighted by molar-refractivity contribution is -0.121. The van der Waals surface area contributed by atoms with E-state index in [0.717, 1.165) is 63.6 Å². The number of ether oxygens (including phenoxy) is 1. The van der Waals surface area contributed by atoms with Gasteiger partial charge in [-0.05, 0) is 54.1 Å². The van der Waals surface area contributed by atoms with Crippen LogP contribution in [0.2, 0.25) is 0 Å². The van der Waals surface area contributed by atoms with Crippen LogP contribution in [0.5, 0.6) is 0 Å². The monoisotopic (exact) mass is 431 g/mol. The maximum atomic E-state index is 13.3. The Labute approximate surface area is 181 Å². The second kappa shape index (κ2) is 10.7. The Morgan fingerprint density at radius 3 is 2.61 bits per heavy atom. The van der Waals surface area contributed by atoms with Crippen LogP contribution in [0.25, 0.3) is 0 Å². The smallest absolute Gasteiger partial charge is 0.221 e. The first-order valence-corrected chi connectivity index (χ1v) is 11.0. The van der Waals surface area contributed by atoms with Gasteiger partial charge in [-0.15, -0.1) is 5.10 Å². The van der Waals surface area contributed by atoms with Gasteiger partial charge in [0.2, 0.25) is 5.91 Å². The van der Waals surface area contributed by atoms with Crippen molar-refractivity contribution in [1.29, 1.82) is 0 Å². The molecule has 10 heteroatoms. The molecule has 168 valence electrons. The van der Waals surface area contributed by atoms with Crippen molar-refractivity contribution in [3.8, 4) is 0 Å². The molecule has 0 unspecified atom stereocenters. The third-order valence-electron chi connectivity index (χ3n) is 5.95. The molecule has 0 radical (unpaired) electrons. The number of likely N-dealkylation sites (tertiary alicyclic amines) is 1. The number of hydrogen-bond acceptors (Lipinski definition) is 7. The Hall–Kier alpha value is -2.43. The first kappa shape index (κ1) is 21.8. The Morgan fingerprint density at radius 1 is 1.13 bits per heavy atom. The molecule has 2 fully saturated rings. The van der Waals surface area contributed by atoms with Crippen LogP contribution in [-0.2, 0) is 22.6 Å². The van der Waals surface area contributed by atoms with E-state index in [1.54, 1.807) is 4.68 Å². The molecule has 0 aliphatic carbocycles. The zero-order valence-electron chi connectivity index (χ0n) is 17.7. The summed E-state index contributed by atoms with van der Waals surface area (Å²) in [5.41, 5.74) is 1.02. The Morgan fingerprint density at radius 2 is 1.87 bits per heavy atom. The van der Waals surface area contributed by atoms with E-state index >= 15 is 0 Å². The normalized spacial score (nSPS) is 18.9. The van der Waals surface area contributed by atoms with Gasteiger partial charge in [-0.25, -0.2) is 9.07 Å². The van der Waals surface area contributed by atoms with Crippen LogP contribution in [0.4, 0.5) is 4.39 Å². The van der Waals surface area contributed by atoms with Gasteiger partial charge in [0.05, 0.1) is 32.3 Å². The highest BCUT2D eigenvalue weighted by atomic mass is 19.1. The summed E-state index contributed by atoms with van der Waals surface area (Å²) in [6.07, 6.45) is 2.60. The third kappa shape index (κ3) is 6.05. The number of nitrogens with one attached hydrogen (secondary N) is 1. The molecule has 31 heavy (non-hydrogen) atoms. The average molecular weight is 432 g/mol. The molecule has 3 heterocycles. The Kier molecular flexibility index (Phi) is 7.55. The summed E-state index contributed by atoms with van der Waals surface area (Å²) in [4.78, 5) is 17.1. The summed E-state index contributed by atoms with van der Waals surface area (Å²) in [5.74, 6) is 0.470. The lowest BCUT2D eigenvalue weighted by Crippen LogP contribution is -2.37. The molecule has 0 bridgehead atoms. The summed E-state index contributed by atoms with van der Waals surface area (Å²) in [6, 6.07) is 6.63. The number of nitrogens with zero attached hydrogens (tertiary/aromatic N) is 6. The fraction of sp³-hybridized carbons (Fsp3) is 0.619. The number of benzene rings is 1. The van der Waals surface area contributed by atoms with Gasteiger partial charge < -0.3 is 10.1 Å². The van der Waals surface area contributed by atoms with Crippen LogP contribution in [0.15, 0.2) is 24.3 Å². The third-order valence-corrected chi connectivity index (χ3v) is 5.95. The van der Waals surface area contributed by atoms with Gasteiger partial charge in [-0.2, -0.15) is 0 Å². The molecule has 9 nitrogen and oxygen atoms in total. The number of tetrazole rings is 1. The molecular weight excluding hydrogens is 401 g/mol. The number of hydrogen-bond donors (Lipinski definition) is 1. The minimum absolute atomic E-state index is 0.0425. The second-order valence-corrected chi connectivity index (χ2v) is 8.07. The van der Waals surface area contributed by atoms with Crippen molar-refractivity contribution in [2.75, 3.05) is 45.9 Å². The number of halogens is 1. The van der Waals surface area contributed by atoms with E-state index < -0.39 is 0 Å². The summed E-state index contributed by atoms with van der Waals surface area (Å²) >= 11 is 0. The summed E-state index contributed by atoms with van der Waals surface area (Å²) < 4.78 is 20.4. The lowest BCUT2D eigenvalue weighted by atomic mass is 10.1. The van der Waals surface area contributed by atoms with Crippen molar-refractivity contribution in [2.24, 2.45) is 0 Å². The fourth-order valence-electron chi connectivity index (χ4n) is 4.17. The summed E-state index contributed by atoms with van der Waals surface area (Å²) in [5, 5.41) is 15.0. The number of amides is 1. The van der Waals surface area contributed by atoms with Crippen molar-refractivity contribution in [1.82, 2.24) is 35.3 Å². The maximum absolute atomic E-state index is 13.3. The van der Waals surface area contributed by atoms with E-state index in [4.69, 9.17) is 4.74 Å². The van der Waals surface area contributed by atoms with Crippen molar-refractivity contribution >= 4 is 5.91 Å². The highest BCUT2D eigenvalue weighted by molar-refractivity contribution is 5.75. The molecular formula is C21H30FN7O2. The summed E-state index contributed by atoms with van der Waals surface area (Å²) in [7, 11) is 0. The molecule has 2 aromatic rings. The van der Waals surface area contributed by atoms with Gasteiger partial charge in [0, 0.05) is 26.1 Å². The standard InChI is InChI=1S/C21H30FN7O2/c22-18-5-3-17(4-6-18)19(28-8-1-2-9-28)15-23-21(30)7-10-29-20(24-25-26-29)16-27-11-13-31-14-12-27/h3-6,19H,1-2,7-16H2,(H,23,30)/t19-/m0/s1. The molecule has 1 aromatic heterocycles. The quantitative estimate of drug-likeness (QED) is 0.633. The highest BCUT2D eigenvalue weighted by Crippen LogP contribution is 2.24. The topological polar surface area (TPSA) is 88.4 Å². The van der Waals surface area contributed by atoms with Gasteiger partial charge in [-0.1, -0.05) is 12.1 Å². The first-order valence-electron chi connectivity index (χ1n) is 11.0. The van der Waals surface area contributed by atoms with Crippen LogP contribution < -0.4 is 5.32 Å². The zero-order chi connectivity index (χ0) is 21.5. The zero-order valence-corrected chi connectivity index (χ0v) is 17.7. The molecule has 0 spiro atoms. The van der Waals surface area contributed by atoms with Crippen LogP contribution in [0, 0.1) is 5.82 Å². The molecule has 0 saturated carbocycles. The van der Waals surface area contributed by atoms with Crippen molar-refractivity contribution < 1.29 is 13.9 Å². The SMILES string of the molecule is O=C(CCn1nnnc1CN1CCOCC1)NC[C@@H](c1ccc(F)cc1)N1CCCC1. The van der Waals surface area contributed by atoms with Gasteiger partial charge >= 0.3 is 0 Å². The second-order valence-electron chi connectivity index (χ2n) is 8.07. The summed E-state index contributed by atoms with van der Waals surface area (Å²) in [6.45, 7) is 6.72. The van der Waals surface area contributed by atoms with E-state index in [0.29, 0.717) is 26.1 Å². The van der Waals surface area contributed by atoms with Crippen LogP contribution in [0.3, 0.4) is 0 Å². The van der Waals surface area contributed by atoms with Crippen LogP contribution >= 0.6 is 0 Å². The minimum Gasteiger partial charge on any atom is -0.379 e. The number of rotatable bonds is 9. The molecule has 2 saturated heterocycles. The predicted molar refractivity (Wildman–Crippen MR) is 111 cm³/mol. The first-order chi connectivity index (χ1) is 15.2. The molecule has 1 aromatic carbocycles. The van der Waals surface area contributed by atoms with Gasteiger partial charge in [-0.3, -0.25) is 14.6 Å². The molecule has 4 rings (SSSR count). The van der Waals surface area contributed by atoms with Crippen molar-refractivity contribution in [3.05, 3.63) is 41.5 Å². The average Bonchev–Trinajstić information content (AvgIpc) is 3.47. The molecule has 2 aliphatic heterocycles. The molecule has 2 aliphatic rings. The fourth-order valence-corrected chi connectivity index (χ4v) is 4.17. The van der Waals surface area contributed by atoms with E-state index in [1.165, 1.54) is 12.1 Å². The van der Waals surface area contributed by atoms with Gasteiger partial charge in [0.1, 0.15) is 5.82 Å². The van der Waals surface area contributed by atoms with Crippen molar-refractivity contribution in [3.63, 3.8) is 0 Å². The largest absolute Gasteiger partial charge is 0.379 e. The van der Waals surface area contributed by atoms with Crippen molar-refractivity contribution in [2.45, 2.75) is 38.4 Å². The number of carbonyl (C=O) groups is 1. The Bertz CT molecular complexity index is 833. The molecule has 1 amide bonds. The van der Waals surface area contributed by atoms with E-state index in [1.807, 2.05) is 12.1 Å². The Balaban J connectivity index is 1.29. The van der Waals surface area contributed by atoms with E-state index in [2.05, 4.69) is 30.6 Å². The van der Waals surface area contributed by atoms with Gasteiger partial charge in [0.15, 0.2) is 5.82 Å². The minimum atomic E-state index is -0.248. The van der Waals surface area contributed by atoms with Gasteiger partial charge in [0.25, 0.3) is 0 Å². The predicted octanol–water partition coefficient (Wildman–Crippen LogP) is 0.988. The highest BCUT2D eigenvalue weighted by Gasteiger charge is 2.24. The maximum Gasteiger partial charge on any atom is 0.221 e. The number of carbonyl (C=O) groups excluding carboxylic acids is 1. The molecule has 1 N–H and O–H groups in total. The van der Waals surface area contributed by atoms with E-state index in [-0.39, 0.29) is 17.8 Å². The van der Waals surface area contributed by atoms with Crippen LogP contribution in [-0.4, -0.2) is 81.9 Å². The lowest BCUT2D eigenvalue weighted by Gasteiger charge is -2.28.